The van der Waals surface area contributed by atoms with Gasteiger partial charge in [0.15, 0.2) is 11.5 Å². The van der Waals surface area contributed by atoms with Crippen LogP contribution in [0.4, 0.5) is 11.7 Å². The molecule has 0 fully saturated rings. The fraction of sp³-hybridized carbons (Fsp3) is 0.0500. The summed E-state index contributed by atoms with van der Waals surface area (Å²) in [5.41, 5.74) is 2.06. The number of amides is 1. The zero-order valence-electron chi connectivity index (χ0n) is 15.9. The molecule has 5 rings (SSSR count). The van der Waals surface area contributed by atoms with Crippen molar-refractivity contribution in [3.63, 3.8) is 0 Å². The third-order valence-electron chi connectivity index (χ3n) is 4.42. The van der Waals surface area contributed by atoms with Gasteiger partial charge in [-0.1, -0.05) is 18.2 Å². The van der Waals surface area contributed by atoms with Gasteiger partial charge in [0, 0.05) is 16.8 Å². The summed E-state index contributed by atoms with van der Waals surface area (Å²) in [4.78, 5) is 27.1. The molecule has 5 aromatic rings. The predicted molar refractivity (Wildman–Crippen MR) is 112 cm³/mol. The molecule has 0 saturated carbocycles. The Hall–Kier alpha value is -4.25. The lowest BCUT2D eigenvalue weighted by molar-refractivity contribution is -0.402. The lowest BCUT2D eigenvalue weighted by atomic mass is 10.2. The highest BCUT2D eigenvalue weighted by Gasteiger charge is 2.20. The molecule has 10 nitrogen and oxygen atoms in total. The van der Waals surface area contributed by atoms with E-state index in [-0.39, 0.29) is 5.76 Å². The van der Waals surface area contributed by atoms with Crippen LogP contribution in [0.1, 0.15) is 16.2 Å². The van der Waals surface area contributed by atoms with Crippen molar-refractivity contribution in [2.75, 3.05) is 5.32 Å². The van der Waals surface area contributed by atoms with E-state index in [1.165, 1.54) is 22.1 Å². The molecule has 0 radical (unpaired) electrons. The van der Waals surface area contributed by atoms with Crippen molar-refractivity contribution in [2.45, 2.75) is 6.92 Å². The average molecular weight is 435 g/mol. The van der Waals surface area contributed by atoms with Gasteiger partial charge in [-0.2, -0.15) is 9.78 Å². The Labute approximate surface area is 177 Å². The van der Waals surface area contributed by atoms with Gasteiger partial charge < -0.3 is 14.2 Å². The molecule has 0 unspecified atom stereocenters. The molecular formula is C20H13N5O5S. The molecule has 31 heavy (non-hydrogen) atoms. The van der Waals surface area contributed by atoms with Crippen LogP contribution in [0.25, 0.3) is 27.6 Å². The van der Waals surface area contributed by atoms with Gasteiger partial charge in [0.1, 0.15) is 22.0 Å². The van der Waals surface area contributed by atoms with E-state index >= 15 is 0 Å². The zero-order valence-corrected chi connectivity index (χ0v) is 16.8. The van der Waals surface area contributed by atoms with Crippen LogP contribution in [0.2, 0.25) is 0 Å². The van der Waals surface area contributed by atoms with Crippen LogP contribution in [-0.2, 0) is 0 Å². The number of nitro groups is 1. The molecule has 1 aromatic carbocycles. The van der Waals surface area contributed by atoms with Gasteiger partial charge >= 0.3 is 5.88 Å². The fourth-order valence-corrected chi connectivity index (χ4v) is 3.82. The molecule has 1 N–H and O–H groups in total. The van der Waals surface area contributed by atoms with E-state index in [0.29, 0.717) is 28.1 Å². The first kappa shape index (κ1) is 18.8. The number of carbonyl (C=O) groups is 1. The summed E-state index contributed by atoms with van der Waals surface area (Å²) >= 11 is 1.33. The maximum atomic E-state index is 12.5. The molecule has 4 aromatic heterocycles. The minimum Gasteiger partial charge on any atom is -0.454 e. The Morgan fingerprint density at radius 2 is 2.03 bits per heavy atom. The number of fused-ring (bicyclic) bond motifs is 1. The molecule has 11 heteroatoms. The number of nitrogens with one attached hydrogen (secondary N) is 1. The SMILES string of the molecule is Cc1cc(NC(=O)c2ccc([N+](=O)[O-])o2)n(-c2nc(-c3cc4ccccc4o3)cs2)n1. The highest BCUT2D eigenvalue weighted by molar-refractivity contribution is 7.12. The number of aryl methyl sites for hydroxylation is 1. The van der Waals surface area contributed by atoms with Crippen LogP contribution in [0.3, 0.4) is 0 Å². The maximum absolute atomic E-state index is 12.5. The lowest BCUT2D eigenvalue weighted by Gasteiger charge is -2.04. The molecule has 1 amide bonds. The Balaban J connectivity index is 1.44. The number of nitrogens with zero attached hydrogens (tertiary/aromatic N) is 4. The van der Waals surface area contributed by atoms with E-state index in [2.05, 4.69) is 15.4 Å². The monoisotopic (exact) mass is 435 g/mol. The minimum atomic E-state index is -0.708. The molecule has 0 spiro atoms. The Bertz CT molecular complexity index is 1410. The second kappa shape index (κ2) is 7.22. The van der Waals surface area contributed by atoms with Gasteiger partial charge in [-0.15, -0.1) is 11.3 Å². The van der Waals surface area contributed by atoms with Crippen molar-refractivity contribution in [2.24, 2.45) is 0 Å². The molecular weight excluding hydrogens is 422 g/mol. The standard InChI is InChI=1S/C20H13N5O5S/c1-11-8-17(22-19(26)15-6-7-18(30-15)25(27)28)24(23-11)20-21-13(10-31-20)16-9-12-4-2-3-5-14(12)29-16/h2-10H,1H3,(H,22,26). The molecule has 154 valence electrons. The Kier molecular flexibility index (Phi) is 4.37. The normalized spacial score (nSPS) is 11.1. The van der Waals surface area contributed by atoms with Crippen molar-refractivity contribution >= 4 is 39.9 Å². The molecule has 0 aliphatic heterocycles. The van der Waals surface area contributed by atoms with Gasteiger partial charge in [0.05, 0.1) is 11.8 Å². The van der Waals surface area contributed by atoms with Crippen LogP contribution in [0.5, 0.6) is 0 Å². The van der Waals surface area contributed by atoms with E-state index in [0.717, 1.165) is 17.0 Å². The van der Waals surface area contributed by atoms with Crippen LogP contribution in [-0.4, -0.2) is 25.6 Å². The summed E-state index contributed by atoms with van der Waals surface area (Å²) in [5.74, 6) is -0.346. The number of thiazole rings is 1. The van der Waals surface area contributed by atoms with Crippen molar-refractivity contribution < 1.29 is 18.6 Å². The van der Waals surface area contributed by atoms with Gasteiger partial charge in [0.25, 0.3) is 5.91 Å². The number of rotatable bonds is 5. The highest BCUT2D eigenvalue weighted by atomic mass is 32.1. The number of benzene rings is 1. The molecule has 0 aliphatic carbocycles. The number of furan rings is 2. The molecule has 4 heterocycles. The van der Waals surface area contributed by atoms with Gasteiger partial charge in [-0.25, -0.2) is 4.98 Å². The fourth-order valence-electron chi connectivity index (χ4n) is 3.04. The van der Waals surface area contributed by atoms with Crippen LogP contribution in [0.15, 0.2) is 62.7 Å². The molecule has 0 aliphatic rings. The first-order valence-corrected chi connectivity index (χ1v) is 9.93. The highest BCUT2D eigenvalue weighted by Crippen LogP contribution is 2.30. The number of anilines is 1. The third-order valence-corrected chi connectivity index (χ3v) is 5.24. The second-order valence-electron chi connectivity index (χ2n) is 6.60. The number of aromatic nitrogens is 3. The van der Waals surface area contributed by atoms with Crippen LogP contribution >= 0.6 is 11.3 Å². The van der Waals surface area contributed by atoms with E-state index in [1.54, 1.807) is 13.0 Å². The summed E-state index contributed by atoms with van der Waals surface area (Å²) in [6.07, 6.45) is 0. The maximum Gasteiger partial charge on any atom is 0.433 e. The topological polar surface area (TPSA) is 129 Å². The van der Waals surface area contributed by atoms with Crippen molar-refractivity contribution in [1.82, 2.24) is 14.8 Å². The lowest BCUT2D eigenvalue weighted by Crippen LogP contribution is -2.14. The first-order valence-electron chi connectivity index (χ1n) is 9.05. The quantitative estimate of drug-likeness (QED) is 0.310. The van der Waals surface area contributed by atoms with E-state index in [1.807, 2.05) is 35.7 Å². The second-order valence-corrected chi connectivity index (χ2v) is 7.43. The number of para-hydroxylation sites is 1. The third kappa shape index (κ3) is 3.46. The number of hydrogen-bond donors (Lipinski definition) is 1. The number of hydrogen-bond acceptors (Lipinski definition) is 8. The Morgan fingerprint density at radius 1 is 1.19 bits per heavy atom. The first-order chi connectivity index (χ1) is 15.0. The largest absolute Gasteiger partial charge is 0.454 e. The van der Waals surface area contributed by atoms with Gasteiger partial charge in [-0.05, 0) is 25.1 Å². The van der Waals surface area contributed by atoms with Crippen molar-refractivity contribution in [1.29, 1.82) is 0 Å². The minimum absolute atomic E-state index is 0.181. The smallest absolute Gasteiger partial charge is 0.433 e. The van der Waals surface area contributed by atoms with Crippen molar-refractivity contribution in [3.05, 3.63) is 75.5 Å². The van der Waals surface area contributed by atoms with Crippen LogP contribution < -0.4 is 5.32 Å². The summed E-state index contributed by atoms with van der Waals surface area (Å²) in [7, 11) is 0. The molecule has 0 saturated heterocycles. The molecule has 0 atom stereocenters. The van der Waals surface area contributed by atoms with Gasteiger partial charge in [-0.3, -0.25) is 14.9 Å². The summed E-state index contributed by atoms with van der Waals surface area (Å²) in [6, 6.07) is 13.6. The zero-order chi connectivity index (χ0) is 21.5. The summed E-state index contributed by atoms with van der Waals surface area (Å²) < 4.78 is 12.3. The van der Waals surface area contributed by atoms with Crippen molar-refractivity contribution in [3.8, 4) is 16.6 Å². The molecule has 0 bridgehead atoms. The summed E-state index contributed by atoms with van der Waals surface area (Å²) in [6.45, 7) is 1.78. The van der Waals surface area contributed by atoms with E-state index < -0.39 is 16.7 Å². The average Bonchev–Trinajstić information content (AvgIpc) is 3.52. The summed E-state index contributed by atoms with van der Waals surface area (Å²) in [5, 5.41) is 21.1. The Morgan fingerprint density at radius 3 is 2.81 bits per heavy atom. The number of carbonyl (C=O) groups excluding carboxylic acids is 1. The van der Waals surface area contributed by atoms with E-state index in [9.17, 15) is 14.9 Å². The van der Waals surface area contributed by atoms with Gasteiger partial charge in [0.2, 0.25) is 5.13 Å². The van der Waals surface area contributed by atoms with Crippen LogP contribution in [0, 0.1) is 17.0 Å². The predicted octanol–water partition coefficient (Wildman–Crippen LogP) is 4.80. The van der Waals surface area contributed by atoms with E-state index in [4.69, 9.17) is 8.83 Å².